The van der Waals surface area contributed by atoms with E-state index in [0.717, 1.165) is 5.56 Å². The van der Waals surface area contributed by atoms with Crippen molar-refractivity contribution in [3.63, 3.8) is 0 Å². The number of nitrogens with zero attached hydrogens (tertiary/aromatic N) is 1. The Balaban J connectivity index is 1.54. The monoisotopic (exact) mass is 570 g/mol. The second kappa shape index (κ2) is 10.6. The van der Waals surface area contributed by atoms with Gasteiger partial charge in [-0.2, -0.15) is 0 Å². The number of benzene rings is 1. The summed E-state index contributed by atoms with van der Waals surface area (Å²) in [5, 5.41) is 0. The van der Waals surface area contributed by atoms with Crippen LogP contribution < -0.4 is 15.8 Å². The normalized spacial score (nSPS) is 26.0. The minimum Gasteiger partial charge on any atom is -0.459 e. The van der Waals surface area contributed by atoms with Crippen LogP contribution in [0.4, 0.5) is 0 Å². The van der Waals surface area contributed by atoms with Crippen molar-refractivity contribution < 1.29 is 32.4 Å². The molecule has 35 heavy (non-hydrogen) atoms. The number of carbonyl (C=O) groups is 1. The van der Waals surface area contributed by atoms with E-state index in [1.807, 2.05) is 0 Å². The number of hydrogen-bond donors (Lipinski definition) is 1. The van der Waals surface area contributed by atoms with Gasteiger partial charge in [0.15, 0.2) is 0 Å². The summed E-state index contributed by atoms with van der Waals surface area (Å²) in [6.45, 7) is 3.12. The first kappa shape index (κ1) is 25.6. The summed E-state index contributed by atoms with van der Waals surface area (Å²) < 4.78 is 42.1. The lowest BCUT2D eigenvalue weighted by Crippen LogP contribution is -2.33. The van der Waals surface area contributed by atoms with Gasteiger partial charge in [0, 0.05) is 18.2 Å². The zero-order chi connectivity index (χ0) is 25.2. The van der Waals surface area contributed by atoms with Gasteiger partial charge in [0.1, 0.15) is 24.2 Å². The quantitative estimate of drug-likeness (QED) is 0.392. The number of rotatable bonds is 7. The Labute approximate surface area is 208 Å². The van der Waals surface area contributed by atoms with E-state index in [1.54, 1.807) is 38.1 Å². The van der Waals surface area contributed by atoms with E-state index in [-0.39, 0.29) is 25.2 Å². The second-order valence-electron chi connectivity index (χ2n) is 8.25. The van der Waals surface area contributed by atoms with Crippen LogP contribution in [-0.4, -0.2) is 34.3 Å². The SMILES string of the molecule is CC(C)C(=O)O[C@H]1C[C@H](n2cc(/C=C/Br)c(=O)[nH]c2=O)O[C@@H]1COP1(=O)OCc2ccccc2O1. The molecule has 0 saturated carbocycles. The summed E-state index contributed by atoms with van der Waals surface area (Å²) in [7, 11) is -3.95. The molecule has 1 aromatic heterocycles. The summed E-state index contributed by atoms with van der Waals surface area (Å²) >= 11 is 3.10. The Morgan fingerprint density at radius 3 is 2.86 bits per heavy atom. The van der Waals surface area contributed by atoms with Crippen LogP contribution in [0.25, 0.3) is 6.08 Å². The van der Waals surface area contributed by atoms with Gasteiger partial charge in [0.2, 0.25) is 0 Å². The predicted octanol–water partition coefficient (Wildman–Crippen LogP) is 3.49. The molecule has 1 N–H and O–H groups in total. The summed E-state index contributed by atoms with van der Waals surface area (Å²) in [6, 6.07) is 6.98. The van der Waals surface area contributed by atoms with E-state index in [1.165, 1.54) is 21.8 Å². The second-order valence-corrected chi connectivity index (χ2v) is 10.4. The number of aromatic nitrogens is 2. The molecule has 3 heterocycles. The van der Waals surface area contributed by atoms with Gasteiger partial charge >= 0.3 is 19.5 Å². The van der Waals surface area contributed by atoms with E-state index in [2.05, 4.69) is 20.9 Å². The van der Waals surface area contributed by atoms with Crippen molar-refractivity contribution in [2.75, 3.05) is 6.61 Å². The number of phosphoric ester groups is 1. The highest BCUT2D eigenvalue weighted by Gasteiger charge is 2.43. The number of fused-ring (bicyclic) bond motifs is 1. The van der Waals surface area contributed by atoms with Gasteiger partial charge < -0.3 is 14.0 Å². The molecule has 13 heteroatoms. The van der Waals surface area contributed by atoms with Crippen molar-refractivity contribution in [2.45, 2.75) is 45.3 Å². The molecule has 0 spiro atoms. The first-order valence-corrected chi connectivity index (χ1v) is 13.2. The van der Waals surface area contributed by atoms with Crippen LogP contribution in [0, 0.1) is 5.92 Å². The van der Waals surface area contributed by atoms with Gasteiger partial charge in [0.25, 0.3) is 5.56 Å². The predicted molar refractivity (Wildman–Crippen MR) is 128 cm³/mol. The number of ether oxygens (including phenoxy) is 2. The van der Waals surface area contributed by atoms with Crippen LogP contribution in [-0.2, 0) is 34.5 Å². The standard InChI is InChI=1S/C22H24BrN2O9P/c1-13(2)21(27)33-17-9-19(25-10-14(7-8-23)20(26)24-22(25)28)32-18(17)12-31-35(29)30-11-15-5-3-4-6-16(15)34-35/h3-8,10,13,17-19H,9,11-12H2,1-2H3,(H,24,26,28)/b8-7+/t17-,18+,19+,35?/m0/s1. The molecule has 0 aliphatic carbocycles. The van der Waals surface area contributed by atoms with Crippen molar-refractivity contribution in [1.29, 1.82) is 0 Å². The smallest absolute Gasteiger partial charge is 0.459 e. The number of hydrogen-bond acceptors (Lipinski definition) is 9. The van der Waals surface area contributed by atoms with Crippen LogP contribution in [0.5, 0.6) is 5.75 Å². The highest BCUT2D eigenvalue weighted by molar-refractivity contribution is 9.11. The number of halogens is 1. The topological polar surface area (TPSA) is 135 Å². The minimum atomic E-state index is -3.95. The molecule has 0 amide bonds. The third-order valence-electron chi connectivity index (χ3n) is 5.43. The highest BCUT2D eigenvalue weighted by atomic mass is 79.9. The van der Waals surface area contributed by atoms with Crippen LogP contribution >= 0.6 is 23.8 Å². The van der Waals surface area contributed by atoms with Gasteiger partial charge in [-0.3, -0.25) is 28.2 Å². The van der Waals surface area contributed by atoms with E-state index in [9.17, 15) is 18.9 Å². The van der Waals surface area contributed by atoms with Crippen LogP contribution in [0.1, 0.15) is 37.6 Å². The lowest BCUT2D eigenvalue weighted by Gasteiger charge is -2.26. The number of nitrogens with one attached hydrogen (secondary N) is 1. The molecule has 2 aliphatic heterocycles. The van der Waals surface area contributed by atoms with Crippen molar-refractivity contribution in [2.24, 2.45) is 5.92 Å². The van der Waals surface area contributed by atoms with E-state index in [4.69, 9.17) is 23.0 Å². The lowest BCUT2D eigenvalue weighted by molar-refractivity contribution is -0.156. The van der Waals surface area contributed by atoms with Crippen LogP contribution in [0.15, 0.2) is 45.0 Å². The van der Waals surface area contributed by atoms with Crippen molar-refractivity contribution in [1.82, 2.24) is 9.55 Å². The molecular weight excluding hydrogens is 547 g/mol. The summed E-state index contributed by atoms with van der Waals surface area (Å²) in [5.41, 5.74) is -0.306. The summed E-state index contributed by atoms with van der Waals surface area (Å²) in [6.07, 6.45) is 0.349. The summed E-state index contributed by atoms with van der Waals surface area (Å²) in [4.78, 5) is 40.5. The number of carbonyl (C=O) groups excluding carboxylic acids is 1. The highest BCUT2D eigenvalue weighted by Crippen LogP contribution is 2.54. The molecule has 1 saturated heterocycles. The first-order chi connectivity index (χ1) is 16.7. The maximum atomic E-state index is 13.0. The molecule has 188 valence electrons. The molecule has 1 fully saturated rings. The fourth-order valence-electron chi connectivity index (χ4n) is 3.57. The Kier molecular flexibility index (Phi) is 7.77. The minimum absolute atomic E-state index is 0.0456. The molecule has 0 radical (unpaired) electrons. The molecule has 4 rings (SSSR count). The largest absolute Gasteiger partial charge is 0.530 e. The van der Waals surface area contributed by atoms with Crippen LogP contribution in [0.3, 0.4) is 0 Å². The van der Waals surface area contributed by atoms with Gasteiger partial charge in [-0.05, 0) is 17.1 Å². The number of aromatic amines is 1. The fourth-order valence-corrected chi connectivity index (χ4v) is 5.08. The molecule has 0 bridgehead atoms. The maximum absolute atomic E-state index is 13.0. The third-order valence-corrected chi connectivity index (χ3v) is 7.02. The Bertz CT molecular complexity index is 1290. The van der Waals surface area contributed by atoms with E-state index in [0.29, 0.717) is 5.75 Å². The molecule has 1 aromatic carbocycles. The number of para-hydroxylation sites is 1. The zero-order valence-corrected chi connectivity index (χ0v) is 21.4. The number of phosphoric acid groups is 1. The van der Waals surface area contributed by atoms with Crippen molar-refractivity contribution in [3.05, 3.63) is 67.4 Å². The lowest BCUT2D eigenvalue weighted by atomic mass is 10.1. The fraction of sp³-hybridized carbons (Fsp3) is 0.409. The van der Waals surface area contributed by atoms with E-state index >= 15 is 0 Å². The Morgan fingerprint density at radius 2 is 2.11 bits per heavy atom. The average molecular weight is 571 g/mol. The van der Waals surface area contributed by atoms with E-state index < -0.39 is 49.4 Å². The maximum Gasteiger partial charge on any atom is 0.530 e. The molecule has 11 nitrogen and oxygen atoms in total. The Hall–Kier alpha value is -2.50. The molecule has 1 unspecified atom stereocenters. The number of H-pyrrole nitrogens is 1. The number of esters is 1. The van der Waals surface area contributed by atoms with Crippen molar-refractivity contribution >= 4 is 35.8 Å². The molecule has 4 atom stereocenters. The molecule has 2 aromatic rings. The molecule has 2 aliphatic rings. The first-order valence-electron chi connectivity index (χ1n) is 10.8. The van der Waals surface area contributed by atoms with Gasteiger partial charge in [0.05, 0.1) is 24.7 Å². The van der Waals surface area contributed by atoms with Gasteiger partial charge in [-0.15, -0.1) is 0 Å². The van der Waals surface area contributed by atoms with Crippen LogP contribution in [0.2, 0.25) is 0 Å². The average Bonchev–Trinajstić information content (AvgIpc) is 3.21. The molecular formula is C22H24BrN2O9P. The van der Waals surface area contributed by atoms with Gasteiger partial charge in [-0.1, -0.05) is 48.0 Å². The zero-order valence-electron chi connectivity index (χ0n) is 18.9. The summed E-state index contributed by atoms with van der Waals surface area (Å²) in [5.74, 6) is -0.476. The van der Waals surface area contributed by atoms with Gasteiger partial charge in [-0.25, -0.2) is 9.36 Å². The third kappa shape index (κ3) is 5.84. The Morgan fingerprint density at radius 1 is 1.34 bits per heavy atom. The van der Waals surface area contributed by atoms with Crippen molar-refractivity contribution in [3.8, 4) is 5.75 Å².